The van der Waals surface area contributed by atoms with E-state index in [-0.39, 0.29) is 5.92 Å². The van der Waals surface area contributed by atoms with Crippen LogP contribution in [0, 0.1) is 17.2 Å². The second-order valence-electron chi connectivity index (χ2n) is 3.42. The maximum atomic E-state index is 8.71. The minimum atomic E-state index is -0.0185. The highest BCUT2D eigenvalue weighted by molar-refractivity contribution is 5.42. The third-order valence-corrected chi connectivity index (χ3v) is 2.04. The summed E-state index contributed by atoms with van der Waals surface area (Å²) in [6, 6.07) is 2.19. The van der Waals surface area contributed by atoms with E-state index in [2.05, 4.69) is 21.4 Å². The molecule has 0 amide bonds. The summed E-state index contributed by atoms with van der Waals surface area (Å²) in [5, 5.41) is 11.6. The van der Waals surface area contributed by atoms with Gasteiger partial charge in [0.25, 0.3) is 0 Å². The van der Waals surface area contributed by atoms with Gasteiger partial charge < -0.3 is 10.2 Å². The molecule has 0 aromatic carbocycles. The minimum absolute atomic E-state index is 0.0185. The van der Waals surface area contributed by atoms with Crippen molar-refractivity contribution in [3.05, 3.63) is 12.4 Å². The molecule has 0 bridgehead atoms. The molecule has 1 aromatic rings. The first kappa shape index (κ1) is 11.2. The van der Waals surface area contributed by atoms with Crippen molar-refractivity contribution in [1.29, 1.82) is 5.26 Å². The smallest absolute Gasteiger partial charge is 0.149 e. The standard InChI is InChI=1S/C10H15N5/c1-8(4-11)7-15(3)10-6-13-5-9(12-2)14-10/h5-6,8H,7H2,1-3H3,(H,12,14). The van der Waals surface area contributed by atoms with Gasteiger partial charge in [-0.15, -0.1) is 0 Å². The van der Waals surface area contributed by atoms with Gasteiger partial charge in [0.1, 0.15) is 11.6 Å². The number of hydrogen-bond acceptors (Lipinski definition) is 5. The van der Waals surface area contributed by atoms with Crippen LogP contribution >= 0.6 is 0 Å². The number of nitrogens with one attached hydrogen (secondary N) is 1. The van der Waals surface area contributed by atoms with Crippen LogP contribution in [0.25, 0.3) is 0 Å². The summed E-state index contributed by atoms with van der Waals surface area (Å²) >= 11 is 0. The second kappa shape index (κ2) is 5.15. The van der Waals surface area contributed by atoms with Crippen LogP contribution in [0.15, 0.2) is 12.4 Å². The number of nitriles is 1. The number of anilines is 2. The zero-order valence-corrected chi connectivity index (χ0v) is 9.23. The van der Waals surface area contributed by atoms with Gasteiger partial charge in [-0.3, -0.25) is 4.98 Å². The molecule has 0 aliphatic heterocycles. The minimum Gasteiger partial charge on any atom is -0.372 e. The first-order chi connectivity index (χ1) is 7.17. The van der Waals surface area contributed by atoms with Gasteiger partial charge in [0.05, 0.1) is 24.4 Å². The van der Waals surface area contributed by atoms with E-state index in [1.807, 2.05) is 18.9 Å². The molecule has 1 atom stereocenters. The van der Waals surface area contributed by atoms with Crippen LogP contribution in [0.5, 0.6) is 0 Å². The van der Waals surface area contributed by atoms with Crippen LogP contribution < -0.4 is 10.2 Å². The molecule has 0 saturated heterocycles. The molecular formula is C10H15N5. The van der Waals surface area contributed by atoms with E-state index in [1.54, 1.807) is 19.4 Å². The van der Waals surface area contributed by atoms with E-state index in [4.69, 9.17) is 5.26 Å². The molecule has 0 radical (unpaired) electrons. The fourth-order valence-electron chi connectivity index (χ4n) is 1.21. The lowest BCUT2D eigenvalue weighted by atomic mass is 10.2. The highest BCUT2D eigenvalue weighted by atomic mass is 15.2. The summed E-state index contributed by atoms with van der Waals surface area (Å²) < 4.78 is 0. The van der Waals surface area contributed by atoms with Gasteiger partial charge in [0.2, 0.25) is 0 Å². The van der Waals surface area contributed by atoms with Gasteiger partial charge in [-0.2, -0.15) is 5.26 Å². The largest absolute Gasteiger partial charge is 0.372 e. The topological polar surface area (TPSA) is 64.8 Å². The normalized spacial score (nSPS) is 11.6. The van der Waals surface area contributed by atoms with Gasteiger partial charge in [0.15, 0.2) is 0 Å². The van der Waals surface area contributed by atoms with Crippen LogP contribution in [-0.4, -0.2) is 30.6 Å². The average molecular weight is 205 g/mol. The van der Waals surface area contributed by atoms with Crippen LogP contribution in [-0.2, 0) is 0 Å². The first-order valence-corrected chi connectivity index (χ1v) is 4.78. The zero-order chi connectivity index (χ0) is 11.3. The lowest BCUT2D eigenvalue weighted by molar-refractivity contribution is 0.709. The molecule has 5 nitrogen and oxygen atoms in total. The Balaban J connectivity index is 2.73. The van der Waals surface area contributed by atoms with E-state index in [9.17, 15) is 0 Å². The van der Waals surface area contributed by atoms with E-state index in [0.29, 0.717) is 6.54 Å². The number of rotatable bonds is 4. The van der Waals surface area contributed by atoms with E-state index in [1.165, 1.54) is 0 Å². The molecule has 1 unspecified atom stereocenters. The fourth-order valence-corrected chi connectivity index (χ4v) is 1.21. The van der Waals surface area contributed by atoms with Crippen molar-refractivity contribution in [3.63, 3.8) is 0 Å². The summed E-state index contributed by atoms with van der Waals surface area (Å²) in [7, 11) is 3.70. The van der Waals surface area contributed by atoms with E-state index >= 15 is 0 Å². The van der Waals surface area contributed by atoms with Crippen LogP contribution in [0.1, 0.15) is 6.92 Å². The summed E-state index contributed by atoms with van der Waals surface area (Å²) in [5.74, 6) is 1.47. The van der Waals surface area contributed by atoms with Gasteiger partial charge in [-0.25, -0.2) is 4.98 Å². The second-order valence-corrected chi connectivity index (χ2v) is 3.42. The molecule has 0 saturated carbocycles. The van der Waals surface area contributed by atoms with Crippen LogP contribution in [0.2, 0.25) is 0 Å². The SMILES string of the molecule is CNc1cncc(N(C)CC(C)C#N)n1. The maximum absolute atomic E-state index is 8.71. The molecule has 1 heterocycles. The maximum Gasteiger partial charge on any atom is 0.149 e. The van der Waals surface area contributed by atoms with Crippen LogP contribution in [0.3, 0.4) is 0 Å². The Bertz CT molecular complexity index is 357. The zero-order valence-electron chi connectivity index (χ0n) is 9.23. The van der Waals surface area contributed by atoms with Crippen molar-refractivity contribution in [3.8, 4) is 6.07 Å². The summed E-state index contributed by atoms with van der Waals surface area (Å²) in [6.45, 7) is 2.53. The molecule has 0 aliphatic carbocycles. The molecule has 80 valence electrons. The predicted octanol–water partition coefficient (Wildman–Crippen LogP) is 1.11. The van der Waals surface area contributed by atoms with E-state index < -0.39 is 0 Å². The Labute approximate surface area is 89.8 Å². The van der Waals surface area contributed by atoms with Crippen molar-refractivity contribution in [2.45, 2.75) is 6.92 Å². The highest BCUT2D eigenvalue weighted by Crippen LogP contribution is 2.11. The Hall–Kier alpha value is -1.83. The monoisotopic (exact) mass is 205 g/mol. The van der Waals surface area contributed by atoms with E-state index in [0.717, 1.165) is 11.6 Å². The quantitative estimate of drug-likeness (QED) is 0.797. The Morgan fingerprint density at radius 3 is 2.93 bits per heavy atom. The lowest BCUT2D eigenvalue weighted by Crippen LogP contribution is -2.24. The third kappa shape index (κ3) is 3.09. The Morgan fingerprint density at radius 2 is 2.33 bits per heavy atom. The molecule has 1 N–H and O–H groups in total. The summed E-state index contributed by atoms with van der Waals surface area (Å²) in [5.41, 5.74) is 0. The van der Waals surface area contributed by atoms with Crippen LogP contribution in [0.4, 0.5) is 11.6 Å². The number of aromatic nitrogens is 2. The number of nitrogens with zero attached hydrogens (tertiary/aromatic N) is 4. The third-order valence-electron chi connectivity index (χ3n) is 2.04. The number of hydrogen-bond donors (Lipinski definition) is 1. The summed E-state index contributed by atoms with van der Waals surface area (Å²) in [6.07, 6.45) is 3.34. The van der Waals surface area contributed by atoms with Crippen molar-refractivity contribution >= 4 is 11.6 Å². The van der Waals surface area contributed by atoms with Gasteiger partial charge in [0, 0.05) is 20.6 Å². The fraction of sp³-hybridized carbons (Fsp3) is 0.500. The molecule has 1 rings (SSSR count). The summed E-state index contributed by atoms with van der Waals surface area (Å²) in [4.78, 5) is 10.3. The Kier molecular flexibility index (Phi) is 3.86. The van der Waals surface area contributed by atoms with Crippen molar-refractivity contribution in [1.82, 2.24) is 9.97 Å². The van der Waals surface area contributed by atoms with Crippen molar-refractivity contribution in [2.75, 3.05) is 30.9 Å². The van der Waals surface area contributed by atoms with Gasteiger partial charge >= 0.3 is 0 Å². The molecule has 15 heavy (non-hydrogen) atoms. The molecule has 5 heteroatoms. The van der Waals surface area contributed by atoms with Crippen molar-refractivity contribution in [2.24, 2.45) is 5.92 Å². The molecule has 0 fully saturated rings. The molecule has 1 aromatic heterocycles. The average Bonchev–Trinajstić information content (AvgIpc) is 2.28. The first-order valence-electron chi connectivity index (χ1n) is 4.78. The predicted molar refractivity (Wildman–Crippen MR) is 59.6 cm³/mol. The van der Waals surface area contributed by atoms with Crippen molar-refractivity contribution < 1.29 is 0 Å². The molecular weight excluding hydrogens is 190 g/mol. The Morgan fingerprint density at radius 1 is 1.60 bits per heavy atom. The molecule has 0 spiro atoms. The molecule has 0 aliphatic rings. The van der Waals surface area contributed by atoms with Gasteiger partial charge in [-0.1, -0.05) is 0 Å². The van der Waals surface area contributed by atoms with Gasteiger partial charge in [-0.05, 0) is 6.92 Å². The highest BCUT2D eigenvalue weighted by Gasteiger charge is 2.07. The lowest BCUT2D eigenvalue weighted by Gasteiger charge is -2.19.